The second-order valence-electron chi connectivity index (χ2n) is 7.52. The summed E-state index contributed by atoms with van der Waals surface area (Å²) in [5.41, 5.74) is 2.13. The second-order valence-corrected chi connectivity index (χ2v) is 9.12. The Hall–Kier alpha value is -3.62. The van der Waals surface area contributed by atoms with Gasteiger partial charge in [0.05, 0.1) is 17.8 Å². The molecule has 2 N–H and O–H groups in total. The van der Waals surface area contributed by atoms with E-state index in [-0.39, 0.29) is 23.8 Å². The maximum atomic E-state index is 13.1. The molecule has 1 saturated heterocycles. The number of amidine groups is 1. The summed E-state index contributed by atoms with van der Waals surface area (Å²) in [5.74, 6) is -1.62. The van der Waals surface area contributed by atoms with Crippen LogP contribution >= 0.6 is 23.4 Å². The van der Waals surface area contributed by atoms with Crippen LogP contribution in [0.2, 0.25) is 5.02 Å². The minimum Gasteiger partial charge on any atom is -0.478 e. The molecule has 0 radical (unpaired) electrons. The van der Waals surface area contributed by atoms with Gasteiger partial charge in [-0.1, -0.05) is 53.7 Å². The van der Waals surface area contributed by atoms with Gasteiger partial charge < -0.3 is 10.4 Å². The van der Waals surface area contributed by atoms with Crippen LogP contribution in [0.15, 0.2) is 83.9 Å². The molecule has 1 atom stereocenters. The van der Waals surface area contributed by atoms with Crippen molar-refractivity contribution in [2.24, 2.45) is 4.99 Å². The SMILES string of the molecule is O=C(O)c1ccc(NC(=O)[C@H]2CC(=O)N(Cc3ccccc3)C(=Nc3ccc(Cl)cc3)S2)cc1. The molecule has 4 rings (SSSR count). The first kappa shape index (κ1) is 23.5. The molecule has 1 aliphatic rings. The molecule has 0 saturated carbocycles. The number of halogens is 1. The molecule has 3 aromatic carbocycles. The van der Waals surface area contributed by atoms with Gasteiger partial charge in [0.2, 0.25) is 11.8 Å². The first-order valence-electron chi connectivity index (χ1n) is 10.4. The van der Waals surface area contributed by atoms with E-state index in [1.54, 1.807) is 29.2 Å². The Morgan fingerprint density at radius 2 is 1.71 bits per heavy atom. The van der Waals surface area contributed by atoms with Crippen molar-refractivity contribution in [3.8, 4) is 0 Å². The van der Waals surface area contributed by atoms with E-state index in [1.807, 2.05) is 30.3 Å². The quantitative estimate of drug-likeness (QED) is 0.491. The fraction of sp³-hybridized carbons (Fsp3) is 0.120. The lowest BCUT2D eigenvalue weighted by Gasteiger charge is -2.32. The molecule has 1 fully saturated rings. The highest BCUT2D eigenvalue weighted by atomic mass is 35.5. The number of amides is 2. The van der Waals surface area contributed by atoms with Gasteiger partial charge in [-0.2, -0.15) is 0 Å². The molecule has 172 valence electrons. The summed E-state index contributed by atoms with van der Waals surface area (Å²) in [6, 6.07) is 22.3. The van der Waals surface area contributed by atoms with Crippen molar-refractivity contribution in [2.45, 2.75) is 18.2 Å². The molecule has 0 unspecified atom stereocenters. The standard InChI is InChI=1S/C25H20ClN3O4S/c26-18-8-12-20(13-9-18)28-25-29(15-16-4-2-1-3-5-16)22(30)14-21(34-25)23(31)27-19-10-6-17(7-11-19)24(32)33/h1-13,21H,14-15H2,(H,27,31)(H,32,33)/t21-/m1/s1. The third kappa shape index (κ3) is 5.84. The van der Waals surface area contributed by atoms with Crippen molar-refractivity contribution >= 4 is 57.7 Å². The van der Waals surface area contributed by atoms with Crippen LogP contribution in [0.3, 0.4) is 0 Å². The molecule has 34 heavy (non-hydrogen) atoms. The van der Waals surface area contributed by atoms with Crippen molar-refractivity contribution in [1.29, 1.82) is 0 Å². The molecule has 9 heteroatoms. The first-order valence-corrected chi connectivity index (χ1v) is 11.6. The van der Waals surface area contributed by atoms with E-state index in [0.29, 0.717) is 28.1 Å². The zero-order chi connectivity index (χ0) is 24.1. The van der Waals surface area contributed by atoms with Crippen LogP contribution in [-0.2, 0) is 16.1 Å². The van der Waals surface area contributed by atoms with E-state index in [4.69, 9.17) is 16.7 Å². The van der Waals surface area contributed by atoms with E-state index >= 15 is 0 Å². The van der Waals surface area contributed by atoms with Gasteiger partial charge in [0, 0.05) is 17.1 Å². The summed E-state index contributed by atoms with van der Waals surface area (Å²) in [4.78, 5) is 43.3. The summed E-state index contributed by atoms with van der Waals surface area (Å²) in [6.07, 6.45) is 0.0101. The molecular formula is C25H20ClN3O4S. The van der Waals surface area contributed by atoms with Crippen molar-refractivity contribution in [2.75, 3.05) is 5.32 Å². The number of aliphatic imine (C=N–C) groups is 1. The molecule has 1 aliphatic heterocycles. The predicted molar refractivity (Wildman–Crippen MR) is 134 cm³/mol. The van der Waals surface area contributed by atoms with Crippen LogP contribution in [0.1, 0.15) is 22.3 Å². The second kappa shape index (κ2) is 10.5. The summed E-state index contributed by atoms with van der Waals surface area (Å²) >= 11 is 7.19. The number of carboxylic acid groups (broad SMARTS) is 1. The van der Waals surface area contributed by atoms with E-state index in [1.165, 1.54) is 36.0 Å². The van der Waals surface area contributed by atoms with Gasteiger partial charge in [-0.15, -0.1) is 0 Å². The number of rotatable bonds is 6. The lowest BCUT2D eigenvalue weighted by molar-refractivity contribution is -0.129. The van der Waals surface area contributed by atoms with Crippen molar-refractivity contribution < 1.29 is 19.5 Å². The lowest BCUT2D eigenvalue weighted by atomic mass is 10.2. The van der Waals surface area contributed by atoms with Crippen LogP contribution in [-0.4, -0.2) is 38.2 Å². The predicted octanol–water partition coefficient (Wildman–Crippen LogP) is 5.20. The van der Waals surface area contributed by atoms with Gasteiger partial charge in [0.1, 0.15) is 5.25 Å². The molecule has 1 heterocycles. The molecule has 0 aliphatic carbocycles. The van der Waals surface area contributed by atoms with Crippen LogP contribution < -0.4 is 5.32 Å². The van der Waals surface area contributed by atoms with Crippen molar-refractivity contribution in [3.05, 3.63) is 95.0 Å². The van der Waals surface area contributed by atoms with Crippen LogP contribution in [0, 0.1) is 0 Å². The number of anilines is 1. The number of aromatic carboxylic acids is 1. The number of carboxylic acids is 1. The Balaban J connectivity index is 1.56. The minimum absolute atomic E-state index is 0.0101. The zero-order valence-electron chi connectivity index (χ0n) is 17.8. The number of hydrogen-bond acceptors (Lipinski definition) is 5. The van der Waals surface area contributed by atoms with E-state index in [0.717, 1.165) is 5.56 Å². The smallest absolute Gasteiger partial charge is 0.335 e. The summed E-state index contributed by atoms with van der Waals surface area (Å²) < 4.78 is 0. The maximum absolute atomic E-state index is 13.1. The Morgan fingerprint density at radius 3 is 2.35 bits per heavy atom. The molecule has 2 amide bonds. The Kier molecular flexibility index (Phi) is 7.30. The van der Waals surface area contributed by atoms with Crippen molar-refractivity contribution in [1.82, 2.24) is 4.90 Å². The largest absolute Gasteiger partial charge is 0.478 e. The number of hydrogen-bond donors (Lipinski definition) is 2. The highest BCUT2D eigenvalue weighted by molar-refractivity contribution is 8.15. The van der Waals surface area contributed by atoms with Crippen LogP contribution in [0.4, 0.5) is 11.4 Å². The van der Waals surface area contributed by atoms with Gasteiger partial charge in [-0.25, -0.2) is 9.79 Å². The van der Waals surface area contributed by atoms with Gasteiger partial charge in [-0.3, -0.25) is 14.5 Å². The van der Waals surface area contributed by atoms with Gasteiger partial charge in [0.15, 0.2) is 5.17 Å². The Labute approximate surface area is 205 Å². The average molecular weight is 494 g/mol. The molecule has 0 aromatic heterocycles. The van der Waals surface area contributed by atoms with Crippen molar-refractivity contribution in [3.63, 3.8) is 0 Å². The first-order chi connectivity index (χ1) is 16.4. The monoisotopic (exact) mass is 493 g/mol. The minimum atomic E-state index is -1.05. The summed E-state index contributed by atoms with van der Waals surface area (Å²) in [5, 5.41) is 12.1. The van der Waals surface area contributed by atoms with Gasteiger partial charge in [-0.05, 0) is 54.1 Å². The molecule has 3 aromatic rings. The van der Waals surface area contributed by atoms with Crippen LogP contribution in [0.5, 0.6) is 0 Å². The Bertz CT molecular complexity index is 1230. The highest BCUT2D eigenvalue weighted by Crippen LogP contribution is 2.31. The number of carbonyl (C=O) groups excluding carboxylic acids is 2. The number of nitrogens with one attached hydrogen (secondary N) is 1. The number of thioether (sulfide) groups is 1. The molecule has 0 spiro atoms. The van der Waals surface area contributed by atoms with Crippen LogP contribution in [0.25, 0.3) is 0 Å². The fourth-order valence-electron chi connectivity index (χ4n) is 3.31. The zero-order valence-corrected chi connectivity index (χ0v) is 19.4. The maximum Gasteiger partial charge on any atom is 0.335 e. The normalized spacial score (nSPS) is 17.0. The molecule has 0 bridgehead atoms. The topological polar surface area (TPSA) is 99.1 Å². The third-order valence-corrected chi connectivity index (χ3v) is 6.51. The van der Waals surface area contributed by atoms with E-state index in [2.05, 4.69) is 10.3 Å². The summed E-state index contributed by atoms with van der Waals surface area (Å²) in [6.45, 7) is 0.337. The Morgan fingerprint density at radius 1 is 1.03 bits per heavy atom. The molecular weight excluding hydrogens is 474 g/mol. The third-order valence-electron chi connectivity index (χ3n) is 5.07. The number of benzene rings is 3. The van der Waals surface area contributed by atoms with Gasteiger partial charge >= 0.3 is 5.97 Å². The fourth-order valence-corrected chi connectivity index (χ4v) is 4.53. The highest BCUT2D eigenvalue weighted by Gasteiger charge is 2.36. The van der Waals surface area contributed by atoms with Gasteiger partial charge in [0.25, 0.3) is 0 Å². The molecule has 7 nitrogen and oxygen atoms in total. The summed E-state index contributed by atoms with van der Waals surface area (Å²) in [7, 11) is 0. The van der Waals surface area contributed by atoms with E-state index < -0.39 is 11.2 Å². The number of nitrogens with zero attached hydrogens (tertiary/aromatic N) is 2. The number of carbonyl (C=O) groups is 3. The average Bonchev–Trinajstić information content (AvgIpc) is 2.83. The van der Waals surface area contributed by atoms with E-state index in [9.17, 15) is 14.4 Å². The lowest BCUT2D eigenvalue weighted by Crippen LogP contribution is -2.44.